The Morgan fingerprint density at radius 2 is 2.00 bits per heavy atom. The van der Waals surface area contributed by atoms with E-state index in [-0.39, 0.29) is 19.7 Å². The van der Waals surface area contributed by atoms with Gasteiger partial charge in [-0.25, -0.2) is 4.39 Å². The van der Waals surface area contributed by atoms with E-state index in [1.165, 1.54) is 11.0 Å². The van der Waals surface area contributed by atoms with Crippen molar-refractivity contribution in [1.29, 1.82) is 0 Å². The van der Waals surface area contributed by atoms with Crippen LogP contribution >= 0.6 is 0 Å². The number of fused-ring (bicyclic) bond motifs is 2. The van der Waals surface area contributed by atoms with Crippen molar-refractivity contribution in [3.8, 4) is 5.75 Å². The van der Waals surface area contributed by atoms with Gasteiger partial charge in [0.1, 0.15) is 18.2 Å². The van der Waals surface area contributed by atoms with Crippen molar-refractivity contribution in [2.45, 2.75) is 25.4 Å². The van der Waals surface area contributed by atoms with Gasteiger partial charge in [0.25, 0.3) is 0 Å². The van der Waals surface area contributed by atoms with E-state index in [1.54, 1.807) is 17.0 Å². The quantitative estimate of drug-likeness (QED) is 0.704. The van der Waals surface area contributed by atoms with Gasteiger partial charge in [0.05, 0.1) is 13.1 Å². The number of halogens is 1. The van der Waals surface area contributed by atoms with E-state index in [9.17, 15) is 14.0 Å². The number of piperidine rings is 1. The van der Waals surface area contributed by atoms with Gasteiger partial charge in [-0.15, -0.1) is 0 Å². The van der Waals surface area contributed by atoms with Gasteiger partial charge < -0.3 is 19.9 Å². The highest BCUT2D eigenvalue weighted by Crippen LogP contribution is 2.27. The average Bonchev–Trinajstić information content (AvgIpc) is 2.98. The standard InChI is InChI=1S/C18H22FN3O3/c19-14-2-1-3-16-13(14)11-22(8-9-25-16)18(24)17(23)21-7-5-15-12(10-21)4-6-20-15/h1-3,12,15,20H,4-11H2/t12-,15+/m1/s1. The van der Waals surface area contributed by atoms with Crippen molar-refractivity contribution in [3.05, 3.63) is 29.6 Å². The Hall–Kier alpha value is -2.15. The smallest absolute Gasteiger partial charge is 0.312 e. The molecule has 0 unspecified atom stereocenters. The molecule has 2 amide bonds. The van der Waals surface area contributed by atoms with Crippen LogP contribution in [0.15, 0.2) is 18.2 Å². The maximum absolute atomic E-state index is 14.1. The molecule has 1 N–H and O–H groups in total. The molecule has 2 saturated heterocycles. The molecule has 2 atom stereocenters. The van der Waals surface area contributed by atoms with Crippen LogP contribution in [0, 0.1) is 11.7 Å². The fourth-order valence-electron chi connectivity index (χ4n) is 4.04. The molecule has 0 aliphatic carbocycles. The Balaban J connectivity index is 1.47. The molecular weight excluding hydrogens is 325 g/mol. The summed E-state index contributed by atoms with van der Waals surface area (Å²) in [6.07, 6.45) is 1.92. The first-order valence-electron chi connectivity index (χ1n) is 8.85. The van der Waals surface area contributed by atoms with Gasteiger partial charge >= 0.3 is 11.8 Å². The number of amides is 2. The number of carbonyl (C=O) groups is 2. The normalized spacial score (nSPS) is 25.6. The zero-order valence-electron chi connectivity index (χ0n) is 14.0. The summed E-state index contributed by atoms with van der Waals surface area (Å²) in [6, 6.07) is 5.07. The monoisotopic (exact) mass is 347 g/mol. The summed E-state index contributed by atoms with van der Waals surface area (Å²) in [5.41, 5.74) is 0.333. The van der Waals surface area contributed by atoms with Crippen molar-refractivity contribution in [2.75, 3.05) is 32.8 Å². The molecule has 0 aromatic heterocycles. The maximum atomic E-state index is 14.1. The van der Waals surface area contributed by atoms with Crippen LogP contribution in [0.3, 0.4) is 0 Å². The van der Waals surface area contributed by atoms with Crippen molar-refractivity contribution < 1.29 is 18.7 Å². The van der Waals surface area contributed by atoms with Crippen molar-refractivity contribution >= 4 is 11.8 Å². The number of nitrogens with zero attached hydrogens (tertiary/aromatic N) is 2. The number of carbonyl (C=O) groups excluding carboxylic acids is 2. The number of likely N-dealkylation sites (tertiary alicyclic amines) is 1. The SMILES string of the molecule is O=C(C(=O)N1CC[C@@H]2NCC[C@@H]2C1)N1CCOc2cccc(F)c2C1. The molecule has 3 aliphatic rings. The molecule has 7 heteroatoms. The fourth-order valence-corrected chi connectivity index (χ4v) is 4.04. The number of nitrogens with one attached hydrogen (secondary N) is 1. The van der Waals surface area contributed by atoms with E-state index >= 15 is 0 Å². The highest BCUT2D eigenvalue weighted by Gasteiger charge is 2.37. The van der Waals surface area contributed by atoms with E-state index in [4.69, 9.17) is 4.74 Å². The lowest BCUT2D eigenvalue weighted by molar-refractivity contribution is -0.153. The van der Waals surface area contributed by atoms with Crippen LogP contribution in [0.1, 0.15) is 18.4 Å². The molecule has 25 heavy (non-hydrogen) atoms. The molecule has 2 fully saturated rings. The van der Waals surface area contributed by atoms with Crippen molar-refractivity contribution in [1.82, 2.24) is 15.1 Å². The molecule has 0 radical (unpaired) electrons. The molecule has 3 aliphatic heterocycles. The van der Waals surface area contributed by atoms with Crippen LogP contribution in [0.5, 0.6) is 5.75 Å². The predicted octanol–water partition coefficient (Wildman–Crippen LogP) is 0.757. The maximum Gasteiger partial charge on any atom is 0.312 e. The number of ether oxygens (including phenoxy) is 1. The second-order valence-corrected chi connectivity index (χ2v) is 6.94. The fraction of sp³-hybridized carbons (Fsp3) is 0.556. The largest absolute Gasteiger partial charge is 0.491 e. The van der Waals surface area contributed by atoms with Gasteiger partial charge in [0.15, 0.2) is 0 Å². The minimum atomic E-state index is -0.566. The topological polar surface area (TPSA) is 61.9 Å². The van der Waals surface area contributed by atoms with Gasteiger partial charge in [0.2, 0.25) is 0 Å². The van der Waals surface area contributed by atoms with Crippen molar-refractivity contribution in [2.24, 2.45) is 5.92 Å². The van der Waals surface area contributed by atoms with Crippen LogP contribution in [0.2, 0.25) is 0 Å². The van der Waals surface area contributed by atoms with Crippen LogP contribution in [0.4, 0.5) is 4.39 Å². The van der Waals surface area contributed by atoms with Gasteiger partial charge in [-0.1, -0.05) is 6.07 Å². The number of hydrogen-bond donors (Lipinski definition) is 1. The highest BCUT2D eigenvalue weighted by atomic mass is 19.1. The Bertz CT molecular complexity index is 696. The third-order valence-electron chi connectivity index (χ3n) is 5.46. The summed E-state index contributed by atoms with van der Waals surface area (Å²) >= 11 is 0. The van der Waals surface area contributed by atoms with Crippen LogP contribution in [-0.4, -0.2) is 60.4 Å². The third kappa shape index (κ3) is 3.08. The summed E-state index contributed by atoms with van der Waals surface area (Å²) in [5.74, 6) is -0.589. The second kappa shape index (κ2) is 6.63. The van der Waals surface area contributed by atoms with E-state index in [0.717, 1.165) is 19.4 Å². The van der Waals surface area contributed by atoms with E-state index in [2.05, 4.69) is 5.32 Å². The highest BCUT2D eigenvalue weighted by molar-refractivity contribution is 6.34. The van der Waals surface area contributed by atoms with Crippen molar-refractivity contribution in [3.63, 3.8) is 0 Å². The molecule has 0 saturated carbocycles. The minimum Gasteiger partial charge on any atom is -0.491 e. The summed E-state index contributed by atoms with van der Waals surface area (Å²) in [6.45, 7) is 2.79. The van der Waals surface area contributed by atoms with E-state index in [1.807, 2.05) is 0 Å². The average molecular weight is 347 g/mol. The summed E-state index contributed by atoms with van der Waals surface area (Å²) in [5, 5.41) is 3.44. The molecule has 1 aromatic rings. The molecule has 4 rings (SSSR count). The van der Waals surface area contributed by atoms with Crippen LogP contribution in [0.25, 0.3) is 0 Å². The van der Waals surface area contributed by atoms with Gasteiger partial charge in [-0.3, -0.25) is 9.59 Å². The second-order valence-electron chi connectivity index (χ2n) is 6.94. The molecular formula is C18H22FN3O3. The first-order valence-corrected chi connectivity index (χ1v) is 8.85. The lowest BCUT2D eigenvalue weighted by atomic mass is 9.93. The Morgan fingerprint density at radius 1 is 1.16 bits per heavy atom. The molecule has 0 bridgehead atoms. The Labute approximate surface area is 145 Å². The zero-order valence-corrected chi connectivity index (χ0v) is 14.0. The number of hydrogen-bond acceptors (Lipinski definition) is 4. The first kappa shape index (κ1) is 16.3. The first-order chi connectivity index (χ1) is 12.1. The van der Waals surface area contributed by atoms with E-state index < -0.39 is 17.6 Å². The number of rotatable bonds is 0. The molecule has 0 spiro atoms. The molecule has 134 valence electrons. The van der Waals surface area contributed by atoms with Gasteiger partial charge in [0, 0.05) is 24.7 Å². The van der Waals surface area contributed by atoms with Gasteiger partial charge in [-0.05, 0) is 37.4 Å². The summed E-state index contributed by atoms with van der Waals surface area (Å²) in [7, 11) is 0. The van der Waals surface area contributed by atoms with E-state index in [0.29, 0.717) is 36.4 Å². The third-order valence-corrected chi connectivity index (χ3v) is 5.46. The Kier molecular flexibility index (Phi) is 4.33. The molecule has 1 aromatic carbocycles. The van der Waals surface area contributed by atoms with Gasteiger partial charge in [-0.2, -0.15) is 0 Å². The predicted molar refractivity (Wildman–Crippen MR) is 88.4 cm³/mol. The van der Waals surface area contributed by atoms with Crippen LogP contribution in [-0.2, 0) is 16.1 Å². The summed E-state index contributed by atoms with van der Waals surface area (Å²) in [4.78, 5) is 28.4. The lowest BCUT2D eigenvalue weighted by Crippen LogP contribution is -2.52. The molecule has 6 nitrogen and oxygen atoms in total. The molecule has 3 heterocycles. The minimum absolute atomic E-state index is 0.0635. The lowest BCUT2D eigenvalue weighted by Gasteiger charge is -2.35. The number of benzene rings is 1. The van der Waals surface area contributed by atoms with Crippen LogP contribution < -0.4 is 10.1 Å². The zero-order chi connectivity index (χ0) is 17.4. The summed E-state index contributed by atoms with van der Waals surface area (Å²) < 4.78 is 19.6. The Morgan fingerprint density at radius 3 is 2.88 bits per heavy atom.